The number of hydrogen-bond donors (Lipinski definition) is 2. The van der Waals surface area contributed by atoms with Crippen LogP contribution in [0.15, 0.2) is 22.5 Å². The van der Waals surface area contributed by atoms with E-state index in [0.717, 1.165) is 16.0 Å². The monoisotopic (exact) mass is 313 g/mol. The minimum absolute atomic E-state index is 0.0787. The first kappa shape index (κ1) is 14.7. The second-order valence-electron chi connectivity index (χ2n) is 4.30. The third-order valence-corrected chi connectivity index (χ3v) is 6.03. The van der Waals surface area contributed by atoms with Gasteiger partial charge in [0.05, 0.1) is 16.0 Å². The standard InChI is InChI=1S/C12H15N3O3S2/c1-14-11(16)3-2-6-20(17,18)12-15-9-5-4-8(13)7-10(9)19-12/h4-5,7H,2-3,6,13H2,1H3,(H,14,16). The number of nitrogens with zero attached hydrogens (tertiary/aromatic N) is 1. The maximum atomic E-state index is 12.1. The molecule has 1 amide bonds. The van der Waals surface area contributed by atoms with Gasteiger partial charge in [-0.1, -0.05) is 0 Å². The highest BCUT2D eigenvalue weighted by Crippen LogP contribution is 2.28. The Morgan fingerprint density at radius 2 is 2.20 bits per heavy atom. The zero-order valence-electron chi connectivity index (χ0n) is 10.9. The minimum atomic E-state index is -3.45. The normalized spacial score (nSPS) is 11.7. The van der Waals surface area contributed by atoms with Gasteiger partial charge in [-0.3, -0.25) is 4.79 Å². The van der Waals surface area contributed by atoms with Gasteiger partial charge in [0.2, 0.25) is 20.1 Å². The summed E-state index contributed by atoms with van der Waals surface area (Å²) < 4.78 is 25.1. The zero-order chi connectivity index (χ0) is 14.8. The summed E-state index contributed by atoms with van der Waals surface area (Å²) in [4.78, 5) is 15.2. The zero-order valence-corrected chi connectivity index (χ0v) is 12.6. The molecule has 0 unspecified atom stereocenters. The number of rotatable bonds is 5. The molecule has 8 heteroatoms. The van der Waals surface area contributed by atoms with Crippen LogP contribution in [0.1, 0.15) is 12.8 Å². The fourth-order valence-corrected chi connectivity index (χ4v) is 4.40. The molecule has 1 heterocycles. The molecule has 108 valence electrons. The SMILES string of the molecule is CNC(=O)CCCS(=O)(=O)c1nc2ccc(N)cc2s1. The third kappa shape index (κ3) is 3.26. The van der Waals surface area contributed by atoms with E-state index in [-0.39, 0.29) is 28.8 Å². The Kier molecular flexibility index (Phi) is 4.24. The van der Waals surface area contributed by atoms with Crippen LogP contribution in [0.4, 0.5) is 5.69 Å². The van der Waals surface area contributed by atoms with Crippen molar-refractivity contribution in [2.75, 3.05) is 18.5 Å². The number of anilines is 1. The van der Waals surface area contributed by atoms with Crippen molar-refractivity contribution in [1.29, 1.82) is 0 Å². The van der Waals surface area contributed by atoms with Crippen LogP contribution in [0.25, 0.3) is 10.2 Å². The number of amides is 1. The fourth-order valence-electron chi connectivity index (χ4n) is 1.69. The summed E-state index contributed by atoms with van der Waals surface area (Å²) in [6.07, 6.45) is 0.466. The van der Waals surface area contributed by atoms with E-state index < -0.39 is 9.84 Å². The minimum Gasteiger partial charge on any atom is -0.399 e. The van der Waals surface area contributed by atoms with Crippen molar-refractivity contribution in [3.63, 3.8) is 0 Å². The van der Waals surface area contributed by atoms with E-state index in [0.29, 0.717) is 11.2 Å². The third-order valence-electron chi connectivity index (χ3n) is 2.75. The molecule has 0 saturated heterocycles. The molecule has 0 atom stereocenters. The Hall–Kier alpha value is -1.67. The number of carbonyl (C=O) groups is 1. The molecule has 2 aromatic rings. The number of sulfone groups is 1. The van der Waals surface area contributed by atoms with Crippen LogP contribution in [0.3, 0.4) is 0 Å². The Morgan fingerprint density at radius 3 is 2.90 bits per heavy atom. The van der Waals surface area contributed by atoms with Gasteiger partial charge in [-0.05, 0) is 24.6 Å². The Morgan fingerprint density at radius 1 is 1.45 bits per heavy atom. The molecule has 0 aliphatic carbocycles. The highest BCUT2D eigenvalue weighted by atomic mass is 32.2. The lowest BCUT2D eigenvalue weighted by Gasteiger charge is -2.00. The van der Waals surface area contributed by atoms with E-state index in [4.69, 9.17) is 5.73 Å². The summed E-state index contributed by atoms with van der Waals surface area (Å²) in [6, 6.07) is 5.09. The molecule has 20 heavy (non-hydrogen) atoms. The van der Waals surface area contributed by atoms with E-state index in [2.05, 4.69) is 10.3 Å². The van der Waals surface area contributed by atoms with E-state index in [9.17, 15) is 13.2 Å². The predicted molar refractivity (Wildman–Crippen MR) is 79.4 cm³/mol. The van der Waals surface area contributed by atoms with Crippen LogP contribution in [0, 0.1) is 0 Å². The van der Waals surface area contributed by atoms with Gasteiger partial charge in [-0.15, -0.1) is 11.3 Å². The lowest BCUT2D eigenvalue weighted by molar-refractivity contribution is -0.120. The summed E-state index contributed by atoms with van der Waals surface area (Å²) in [5.74, 6) is -0.257. The summed E-state index contributed by atoms with van der Waals surface area (Å²) in [7, 11) is -1.93. The van der Waals surface area contributed by atoms with Crippen molar-refractivity contribution in [3.05, 3.63) is 18.2 Å². The number of aromatic nitrogens is 1. The summed E-state index contributed by atoms with van der Waals surface area (Å²) in [5, 5.41) is 2.46. The van der Waals surface area contributed by atoms with Crippen LogP contribution >= 0.6 is 11.3 Å². The second kappa shape index (κ2) is 5.76. The van der Waals surface area contributed by atoms with Gasteiger partial charge >= 0.3 is 0 Å². The number of nitrogens with two attached hydrogens (primary N) is 1. The van der Waals surface area contributed by atoms with Crippen LogP contribution in [0.5, 0.6) is 0 Å². The number of hydrogen-bond acceptors (Lipinski definition) is 6. The van der Waals surface area contributed by atoms with Gasteiger partial charge in [0.15, 0.2) is 0 Å². The van der Waals surface area contributed by atoms with E-state index in [1.165, 1.54) is 7.05 Å². The van der Waals surface area contributed by atoms with Crippen LogP contribution < -0.4 is 11.1 Å². The van der Waals surface area contributed by atoms with Gasteiger partial charge < -0.3 is 11.1 Å². The molecule has 3 N–H and O–H groups in total. The van der Waals surface area contributed by atoms with E-state index in [1.807, 2.05) is 0 Å². The van der Waals surface area contributed by atoms with Gasteiger partial charge in [-0.2, -0.15) is 0 Å². The quantitative estimate of drug-likeness (QED) is 0.807. The molecule has 0 fully saturated rings. The van der Waals surface area contributed by atoms with Crippen molar-refractivity contribution in [1.82, 2.24) is 10.3 Å². The van der Waals surface area contributed by atoms with Crippen LogP contribution in [-0.4, -0.2) is 32.1 Å². The molecule has 0 spiro atoms. The number of carbonyl (C=O) groups excluding carboxylic acids is 1. The van der Waals surface area contributed by atoms with Crippen molar-refractivity contribution < 1.29 is 13.2 Å². The maximum absolute atomic E-state index is 12.1. The lowest BCUT2D eigenvalue weighted by Crippen LogP contribution is -2.18. The van der Waals surface area contributed by atoms with Crippen LogP contribution in [-0.2, 0) is 14.6 Å². The van der Waals surface area contributed by atoms with Crippen molar-refractivity contribution >= 4 is 43.0 Å². The smallest absolute Gasteiger partial charge is 0.219 e. The Bertz CT molecular complexity index is 737. The molecule has 1 aromatic heterocycles. The molecule has 0 aliphatic rings. The average molecular weight is 313 g/mol. The second-order valence-corrected chi connectivity index (χ2v) is 7.62. The van der Waals surface area contributed by atoms with Crippen molar-refractivity contribution in [2.45, 2.75) is 17.2 Å². The first-order valence-electron chi connectivity index (χ1n) is 6.02. The highest BCUT2D eigenvalue weighted by molar-refractivity contribution is 7.93. The maximum Gasteiger partial charge on any atom is 0.219 e. The van der Waals surface area contributed by atoms with Crippen molar-refractivity contribution in [3.8, 4) is 0 Å². The summed E-state index contributed by atoms with van der Waals surface area (Å²) >= 11 is 1.10. The molecule has 0 aliphatic heterocycles. The number of nitrogens with one attached hydrogen (secondary N) is 1. The number of nitrogen functional groups attached to an aromatic ring is 1. The largest absolute Gasteiger partial charge is 0.399 e. The van der Waals surface area contributed by atoms with Crippen LogP contribution in [0.2, 0.25) is 0 Å². The topological polar surface area (TPSA) is 102 Å². The van der Waals surface area contributed by atoms with E-state index in [1.54, 1.807) is 18.2 Å². The summed E-state index contributed by atoms with van der Waals surface area (Å²) in [5.41, 5.74) is 6.85. The van der Waals surface area contributed by atoms with Gasteiger partial charge in [0, 0.05) is 19.2 Å². The summed E-state index contributed by atoms with van der Waals surface area (Å²) in [6.45, 7) is 0. The molecule has 0 saturated carbocycles. The van der Waals surface area contributed by atoms with Crippen molar-refractivity contribution in [2.24, 2.45) is 0 Å². The fraction of sp³-hybridized carbons (Fsp3) is 0.333. The molecular weight excluding hydrogens is 298 g/mol. The number of benzene rings is 1. The molecule has 0 bridgehead atoms. The van der Waals surface area contributed by atoms with E-state index >= 15 is 0 Å². The molecular formula is C12H15N3O3S2. The Balaban J connectivity index is 2.17. The molecule has 1 aromatic carbocycles. The first-order chi connectivity index (χ1) is 9.42. The number of thiazole rings is 1. The highest BCUT2D eigenvalue weighted by Gasteiger charge is 2.19. The van der Waals surface area contributed by atoms with Gasteiger partial charge in [-0.25, -0.2) is 13.4 Å². The van der Waals surface area contributed by atoms with Gasteiger partial charge in [0.1, 0.15) is 0 Å². The first-order valence-corrected chi connectivity index (χ1v) is 8.48. The predicted octanol–water partition coefficient (Wildman–Crippen LogP) is 1.18. The van der Waals surface area contributed by atoms with Gasteiger partial charge in [0.25, 0.3) is 0 Å². The average Bonchev–Trinajstić information content (AvgIpc) is 2.82. The number of fused-ring (bicyclic) bond motifs is 1. The molecule has 2 rings (SSSR count). The Labute approximate surface area is 120 Å². The molecule has 6 nitrogen and oxygen atoms in total. The molecule has 0 radical (unpaired) electrons. The lowest BCUT2D eigenvalue weighted by atomic mass is 10.3.